The van der Waals surface area contributed by atoms with Gasteiger partial charge in [0.15, 0.2) is 0 Å². The molecule has 0 aromatic heterocycles. The fourth-order valence-electron chi connectivity index (χ4n) is 1.97. The Morgan fingerprint density at radius 2 is 1.65 bits per heavy atom. The van der Waals surface area contributed by atoms with Gasteiger partial charge in [0, 0.05) is 4.47 Å². The predicted molar refractivity (Wildman–Crippen MR) is 91.0 cm³/mol. The maximum Gasteiger partial charge on any atom is 0.340 e. The van der Waals surface area contributed by atoms with E-state index in [2.05, 4.69) is 26.0 Å². The summed E-state index contributed by atoms with van der Waals surface area (Å²) in [4.78, 5) is 23.4. The first-order chi connectivity index (χ1) is 11.0. The number of benzene rings is 2. The van der Waals surface area contributed by atoms with Gasteiger partial charge in [-0.3, -0.25) is 0 Å². The maximum absolute atomic E-state index is 11.9. The van der Waals surface area contributed by atoms with Crippen LogP contribution >= 0.6 is 15.9 Å². The van der Waals surface area contributed by atoms with Crippen LogP contribution in [0.15, 0.2) is 40.9 Å². The van der Waals surface area contributed by atoms with Gasteiger partial charge in [0.2, 0.25) is 0 Å². The Morgan fingerprint density at radius 3 is 2.26 bits per heavy atom. The van der Waals surface area contributed by atoms with E-state index in [1.54, 1.807) is 30.3 Å². The summed E-state index contributed by atoms with van der Waals surface area (Å²) in [6, 6.07) is 9.89. The van der Waals surface area contributed by atoms with E-state index in [0.717, 1.165) is 4.47 Å². The zero-order valence-electron chi connectivity index (χ0n) is 12.6. The molecule has 0 radical (unpaired) electrons. The van der Waals surface area contributed by atoms with Crippen LogP contribution in [-0.4, -0.2) is 26.2 Å². The molecule has 0 atom stereocenters. The van der Waals surface area contributed by atoms with E-state index in [1.165, 1.54) is 20.3 Å². The average molecular weight is 379 g/mol. The molecule has 0 spiro atoms. The van der Waals surface area contributed by atoms with Crippen molar-refractivity contribution >= 4 is 44.9 Å². The highest BCUT2D eigenvalue weighted by Gasteiger charge is 2.14. The molecule has 0 saturated heterocycles. The molecule has 3 N–H and O–H groups in total. The molecular formula is C16H15BrN2O4. The Balaban J connectivity index is 2.36. The molecule has 0 saturated carbocycles. The highest BCUT2D eigenvalue weighted by atomic mass is 79.9. The Morgan fingerprint density at radius 1 is 1.00 bits per heavy atom. The molecule has 0 aliphatic heterocycles. The van der Waals surface area contributed by atoms with Crippen LogP contribution in [0.2, 0.25) is 0 Å². The van der Waals surface area contributed by atoms with Crippen LogP contribution in [0.3, 0.4) is 0 Å². The first-order valence-corrected chi connectivity index (χ1v) is 7.38. The normalized spacial score (nSPS) is 10.0. The summed E-state index contributed by atoms with van der Waals surface area (Å²) >= 11 is 3.32. The van der Waals surface area contributed by atoms with Gasteiger partial charge in [-0.05, 0) is 36.4 Å². The number of ether oxygens (including phenoxy) is 2. The largest absolute Gasteiger partial charge is 0.465 e. The third-order valence-electron chi connectivity index (χ3n) is 3.13. The maximum atomic E-state index is 11.9. The number of hydrogen-bond donors (Lipinski definition) is 2. The average Bonchev–Trinajstić information content (AvgIpc) is 2.56. The standard InChI is InChI=1S/C16H15BrN2O4/c1-22-15(20)9-3-5-14(12(18)7-9)19-13-6-4-10(17)8-11(13)16(21)23-2/h3-8,19H,18H2,1-2H3. The molecule has 0 heterocycles. The number of carbonyl (C=O) groups excluding carboxylic acids is 2. The van der Waals surface area contributed by atoms with Crippen LogP contribution in [0.5, 0.6) is 0 Å². The molecule has 6 nitrogen and oxygen atoms in total. The zero-order valence-corrected chi connectivity index (χ0v) is 14.1. The summed E-state index contributed by atoms with van der Waals surface area (Å²) in [5.41, 5.74) is 8.11. The highest BCUT2D eigenvalue weighted by molar-refractivity contribution is 9.10. The monoisotopic (exact) mass is 378 g/mol. The van der Waals surface area contributed by atoms with E-state index < -0.39 is 11.9 Å². The van der Waals surface area contributed by atoms with Crippen molar-refractivity contribution in [2.45, 2.75) is 0 Å². The molecular weight excluding hydrogens is 364 g/mol. The van der Waals surface area contributed by atoms with Gasteiger partial charge in [0.05, 0.1) is 42.4 Å². The topological polar surface area (TPSA) is 90.6 Å². The lowest BCUT2D eigenvalue weighted by Gasteiger charge is -2.13. The number of anilines is 3. The van der Waals surface area contributed by atoms with E-state index in [0.29, 0.717) is 28.2 Å². The van der Waals surface area contributed by atoms with Crippen molar-refractivity contribution in [1.82, 2.24) is 0 Å². The molecule has 2 aromatic rings. The number of esters is 2. The Bertz CT molecular complexity index is 762. The molecule has 0 aliphatic carbocycles. The van der Waals surface area contributed by atoms with Crippen molar-refractivity contribution in [2.75, 3.05) is 25.3 Å². The van der Waals surface area contributed by atoms with Crippen molar-refractivity contribution in [1.29, 1.82) is 0 Å². The molecule has 0 fully saturated rings. The molecule has 2 rings (SSSR count). The molecule has 0 amide bonds. The summed E-state index contributed by atoms with van der Waals surface area (Å²) in [5.74, 6) is -0.944. The van der Waals surface area contributed by atoms with Crippen LogP contribution < -0.4 is 11.1 Å². The smallest absolute Gasteiger partial charge is 0.340 e. The fraction of sp³-hybridized carbons (Fsp3) is 0.125. The summed E-state index contributed by atoms with van der Waals surface area (Å²) in [6.45, 7) is 0. The van der Waals surface area contributed by atoms with Crippen molar-refractivity contribution in [3.63, 3.8) is 0 Å². The number of hydrogen-bond acceptors (Lipinski definition) is 6. The number of halogens is 1. The summed E-state index contributed by atoms with van der Waals surface area (Å²) in [5, 5.41) is 3.07. The van der Waals surface area contributed by atoms with Gasteiger partial charge in [-0.25, -0.2) is 9.59 Å². The van der Waals surface area contributed by atoms with Gasteiger partial charge in [-0.15, -0.1) is 0 Å². The molecule has 2 aromatic carbocycles. The van der Waals surface area contributed by atoms with Crippen molar-refractivity contribution in [2.24, 2.45) is 0 Å². The summed E-state index contributed by atoms with van der Waals surface area (Å²) in [6.07, 6.45) is 0. The second-order valence-electron chi connectivity index (χ2n) is 4.60. The highest BCUT2D eigenvalue weighted by Crippen LogP contribution is 2.29. The van der Waals surface area contributed by atoms with Gasteiger partial charge >= 0.3 is 11.9 Å². The van der Waals surface area contributed by atoms with E-state index >= 15 is 0 Å². The number of methoxy groups -OCH3 is 2. The fourth-order valence-corrected chi connectivity index (χ4v) is 2.33. The Labute approximate surface area is 141 Å². The molecule has 7 heteroatoms. The lowest BCUT2D eigenvalue weighted by Crippen LogP contribution is -2.07. The number of nitrogens with one attached hydrogen (secondary N) is 1. The van der Waals surface area contributed by atoms with E-state index in [1.807, 2.05) is 0 Å². The summed E-state index contributed by atoms with van der Waals surface area (Å²) < 4.78 is 10.2. The van der Waals surface area contributed by atoms with Crippen LogP contribution in [-0.2, 0) is 9.47 Å². The van der Waals surface area contributed by atoms with Crippen LogP contribution in [0, 0.1) is 0 Å². The number of nitrogen functional groups attached to an aromatic ring is 1. The van der Waals surface area contributed by atoms with Crippen LogP contribution in [0.25, 0.3) is 0 Å². The van der Waals surface area contributed by atoms with Crippen LogP contribution in [0.1, 0.15) is 20.7 Å². The van der Waals surface area contributed by atoms with Crippen LogP contribution in [0.4, 0.5) is 17.1 Å². The number of rotatable bonds is 4. The van der Waals surface area contributed by atoms with E-state index in [9.17, 15) is 9.59 Å². The third-order valence-corrected chi connectivity index (χ3v) is 3.62. The van der Waals surface area contributed by atoms with Gasteiger partial charge in [0.1, 0.15) is 0 Å². The molecule has 0 bridgehead atoms. The van der Waals surface area contributed by atoms with Gasteiger partial charge in [-0.1, -0.05) is 15.9 Å². The van der Waals surface area contributed by atoms with E-state index in [4.69, 9.17) is 10.5 Å². The van der Waals surface area contributed by atoms with Crippen molar-refractivity contribution in [3.05, 3.63) is 52.0 Å². The minimum absolute atomic E-state index is 0.347. The first kappa shape index (κ1) is 16.8. The number of carbonyl (C=O) groups is 2. The quantitative estimate of drug-likeness (QED) is 0.626. The van der Waals surface area contributed by atoms with Crippen molar-refractivity contribution in [3.8, 4) is 0 Å². The first-order valence-electron chi connectivity index (χ1n) is 6.59. The minimum Gasteiger partial charge on any atom is -0.465 e. The lowest BCUT2D eigenvalue weighted by atomic mass is 10.1. The third kappa shape index (κ3) is 3.81. The number of nitrogens with two attached hydrogens (primary N) is 1. The molecule has 0 unspecified atom stereocenters. The Kier molecular flexibility index (Phi) is 5.23. The molecule has 23 heavy (non-hydrogen) atoms. The Hall–Kier alpha value is -2.54. The lowest BCUT2D eigenvalue weighted by molar-refractivity contribution is 0.0592. The van der Waals surface area contributed by atoms with Crippen molar-refractivity contribution < 1.29 is 19.1 Å². The second kappa shape index (κ2) is 7.15. The van der Waals surface area contributed by atoms with Gasteiger partial charge < -0.3 is 20.5 Å². The second-order valence-corrected chi connectivity index (χ2v) is 5.52. The molecule has 120 valence electrons. The molecule has 0 aliphatic rings. The SMILES string of the molecule is COC(=O)c1ccc(Nc2ccc(Br)cc2C(=O)OC)c(N)c1. The zero-order chi connectivity index (χ0) is 17.0. The summed E-state index contributed by atoms with van der Waals surface area (Å²) in [7, 11) is 2.61. The van der Waals surface area contributed by atoms with E-state index in [-0.39, 0.29) is 0 Å². The van der Waals surface area contributed by atoms with Gasteiger partial charge in [-0.2, -0.15) is 0 Å². The minimum atomic E-state index is -0.474. The van der Waals surface area contributed by atoms with Gasteiger partial charge in [0.25, 0.3) is 0 Å². The predicted octanol–water partition coefficient (Wildman–Crippen LogP) is 3.35.